The zero-order chi connectivity index (χ0) is 25.4. The van der Waals surface area contributed by atoms with Crippen molar-refractivity contribution < 1.29 is 24.5 Å². The van der Waals surface area contributed by atoms with Gasteiger partial charge in [-0.15, -0.1) is 10.2 Å². The molecule has 0 bridgehead atoms. The molecule has 0 fully saturated rings. The number of hydrogen-bond donors (Lipinski definition) is 4. The second kappa shape index (κ2) is 8.99. The van der Waals surface area contributed by atoms with Gasteiger partial charge in [0, 0.05) is 16.5 Å². The molecule has 0 aliphatic rings. The Balaban J connectivity index is 1.50. The molecule has 0 spiro atoms. The predicted molar refractivity (Wildman–Crippen MR) is 135 cm³/mol. The second-order valence-electron chi connectivity index (χ2n) is 8.33. The minimum atomic E-state index is -1.07. The lowest BCUT2D eigenvalue weighted by Gasteiger charge is -2.07. The van der Waals surface area contributed by atoms with Gasteiger partial charge in [0.2, 0.25) is 5.88 Å². The number of aryl methyl sites for hydroxylation is 1. The molecule has 36 heavy (non-hydrogen) atoms. The summed E-state index contributed by atoms with van der Waals surface area (Å²) in [6, 6.07) is 21.2. The van der Waals surface area contributed by atoms with Crippen LogP contribution in [-0.2, 0) is 0 Å². The number of nitrogens with zero attached hydrogens (tertiary/aromatic N) is 2. The van der Waals surface area contributed by atoms with Gasteiger partial charge in [0.25, 0.3) is 0 Å². The number of fused-ring (bicyclic) bond motifs is 1. The van der Waals surface area contributed by atoms with Gasteiger partial charge in [-0.2, -0.15) is 0 Å². The van der Waals surface area contributed by atoms with E-state index in [9.17, 15) is 24.5 Å². The monoisotopic (exact) mass is 481 g/mol. The number of phenolic OH excluding ortho intramolecular Hbond substituents is 1. The van der Waals surface area contributed by atoms with Gasteiger partial charge in [-0.3, -0.25) is 0 Å². The van der Waals surface area contributed by atoms with Crippen LogP contribution in [0.2, 0.25) is 0 Å². The summed E-state index contributed by atoms with van der Waals surface area (Å²) in [4.78, 5) is 14.1. The van der Waals surface area contributed by atoms with Gasteiger partial charge >= 0.3 is 5.97 Å². The van der Waals surface area contributed by atoms with E-state index in [1.54, 1.807) is 54.6 Å². The van der Waals surface area contributed by atoms with Crippen LogP contribution in [0.5, 0.6) is 11.6 Å². The highest BCUT2D eigenvalue weighted by Crippen LogP contribution is 2.41. The third-order valence-corrected chi connectivity index (χ3v) is 5.88. The third-order valence-electron chi connectivity index (χ3n) is 5.88. The first-order chi connectivity index (χ1) is 17.3. The molecule has 0 radical (unpaired) electrons. The van der Waals surface area contributed by atoms with Crippen LogP contribution >= 0.6 is 0 Å². The van der Waals surface area contributed by atoms with E-state index < -0.39 is 5.97 Å². The molecular formula is C28H20FN3O4. The molecule has 8 heteroatoms. The van der Waals surface area contributed by atoms with E-state index in [0.717, 1.165) is 5.56 Å². The summed E-state index contributed by atoms with van der Waals surface area (Å²) in [5.74, 6) is -1.81. The molecule has 0 aliphatic carbocycles. The van der Waals surface area contributed by atoms with Crippen molar-refractivity contribution in [3.63, 3.8) is 0 Å². The van der Waals surface area contributed by atoms with Crippen LogP contribution in [0.1, 0.15) is 15.9 Å². The first-order valence-electron chi connectivity index (χ1n) is 11.0. The fourth-order valence-electron chi connectivity index (χ4n) is 4.06. The number of aromatic nitrogens is 1. The molecule has 178 valence electrons. The van der Waals surface area contributed by atoms with Gasteiger partial charge in [-0.1, -0.05) is 42.5 Å². The number of carbonyl (C=O) groups is 1. The van der Waals surface area contributed by atoms with Gasteiger partial charge < -0.3 is 20.3 Å². The number of azo groups is 1. The highest BCUT2D eigenvalue weighted by molar-refractivity contribution is 5.96. The quantitative estimate of drug-likeness (QED) is 0.195. The van der Waals surface area contributed by atoms with Crippen molar-refractivity contribution >= 4 is 28.2 Å². The molecule has 7 nitrogen and oxygen atoms in total. The Kier molecular flexibility index (Phi) is 5.69. The number of hydrogen-bond acceptors (Lipinski definition) is 5. The maximum absolute atomic E-state index is 14.4. The van der Waals surface area contributed by atoms with Crippen LogP contribution < -0.4 is 0 Å². The summed E-state index contributed by atoms with van der Waals surface area (Å²) in [5, 5.41) is 39.3. The summed E-state index contributed by atoms with van der Waals surface area (Å²) in [6.45, 7) is 1.82. The molecule has 4 N–H and O–H groups in total. The number of halogens is 1. The van der Waals surface area contributed by atoms with Crippen LogP contribution in [-0.4, -0.2) is 26.3 Å². The zero-order valence-corrected chi connectivity index (χ0v) is 19.0. The molecular weight excluding hydrogens is 461 g/mol. The molecule has 1 aromatic heterocycles. The molecule has 5 rings (SSSR count). The maximum atomic E-state index is 14.4. The molecule has 0 saturated heterocycles. The predicted octanol–water partition coefficient (Wildman–Crippen LogP) is 7.47. The fourth-order valence-corrected chi connectivity index (χ4v) is 4.06. The van der Waals surface area contributed by atoms with Crippen molar-refractivity contribution in [3.05, 3.63) is 95.8 Å². The summed E-state index contributed by atoms with van der Waals surface area (Å²) in [5.41, 5.74) is 3.73. The first-order valence-corrected chi connectivity index (χ1v) is 11.0. The lowest BCUT2D eigenvalue weighted by molar-refractivity contribution is 0.0697. The summed E-state index contributed by atoms with van der Waals surface area (Å²) in [7, 11) is 0. The average molecular weight is 481 g/mol. The minimum absolute atomic E-state index is 0.0903. The van der Waals surface area contributed by atoms with E-state index in [1.807, 2.05) is 13.0 Å². The van der Waals surface area contributed by atoms with Gasteiger partial charge in [-0.05, 0) is 60.0 Å². The zero-order valence-electron chi connectivity index (χ0n) is 19.0. The van der Waals surface area contributed by atoms with Crippen molar-refractivity contribution in [2.24, 2.45) is 10.2 Å². The number of para-hydroxylation sites is 1. The number of aromatic hydroxyl groups is 2. The lowest BCUT2D eigenvalue weighted by atomic mass is 10.0. The SMILES string of the molecule is Cc1ccc(-c2ccc3c(N=Nc4cccc(-c5cccc(C(=O)O)c5)c4O)c(O)[nH]c3c2)c(F)c1. The van der Waals surface area contributed by atoms with E-state index in [4.69, 9.17) is 0 Å². The second-order valence-corrected chi connectivity index (χ2v) is 8.33. The summed E-state index contributed by atoms with van der Waals surface area (Å²) < 4.78 is 14.4. The van der Waals surface area contributed by atoms with E-state index in [2.05, 4.69) is 15.2 Å². The van der Waals surface area contributed by atoms with Crippen molar-refractivity contribution in [3.8, 4) is 33.9 Å². The highest BCUT2D eigenvalue weighted by Gasteiger charge is 2.15. The van der Waals surface area contributed by atoms with E-state index in [-0.39, 0.29) is 34.4 Å². The highest BCUT2D eigenvalue weighted by atomic mass is 19.1. The minimum Gasteiger partial charge on any atom is -0.505 e. The normalized spacial score (nSPS) is 11.4. The van der Waals surface area contributed by atoms with Crippen LogP contribution in [0, 0.1) is 12.7 Å². The maximum Gasteiger partial charge on any atom is 0.335 e. The van der Waals surface area contributed by atoms with E-state index in [1.165, 1.54) is 18.2 Å². The van der Waals surface area contributed by atoms with Gasteiger partial charge in [0.05, 0.1) is 11.1 Å². The van der Waals surface area contributed by atoms with Crippen LogP contribution in [0.15, 0.2) is 89.1 Å². The largest absolute Gasteiger partial charge is 0.505 e. The van der Waals surface area contributed by atoms with Crippen molar-refractivity contribution in [1.82, 2.24) is 4.98 Å². The number of H-pyrrole nitrogens is 1. The first kappa shape index (κ1) is 22.8. The Hall–Kier alpha value is -4.98. The smallest absolute Gasteiger partial charge is 0.335 e. The molecule has 0 amide bonds. The number of benzene rings is 4. The number of carboxylic acids is 1. The number of rotatable bonds is 5. The summed E-state index contributed by atoms with van der Waals surface area (Å²) in [6.07, 6.45) is 0. The average Bonchev–Trinajstić information content (AvgIpc) is 3.17. The standard InChI is InChI=1S/C28H20FN3O4/c1-15-8-10-19(22(29)12-15)17-9-11-21-24(14-17)30-27(34)25(21)32-31-23-7-3-6-20(26(23)33)16-4-2-5-18(13-16)28(35)36/h2-14,30,33-34H,1H3,(H,35,36). The number of aromatic amines is 1. The molecule has 1 heterocycles. The third kappa shape index (κ3) is 4.16. The van der Waals surface area contributed by atoms with Gasteiger partial charge in [0.15, 0.2) is 11.4 Å². The molecule has 0 saturated carbocycles. The summed E-state index contributed by atoms with van der Waals surface area (Å²) >= 11 is 0. The van der Waals surface area contributed by atoms with Gasteiger partial charge in [-0.25, -0.2) is 9.18 Å². The van der Waals surface area contributed by atoms with Crippen molar-refractivity contribution in [1.29, 1.82) is 0 Å². The van der Waals surface area contributed by atoms with Crippen molar-refractivity contribution in [2.75, 3.05) is 0 Å². The molecule has 0 unspecified atom stereocenters. The number of aromatic carboxylic acids is 1. The number of carboxylic acid groups (broad SMARTS) is 1. The number of phenols is 1. The Morgan fingerprint density at radius 2 is 1.64 bits per heavy atom. The van der Waals surface area contributed by atoms with Crippen molar-refractivity contribution in [2.45, 2.75) is 6.92 Å². The lowest BCUT2D eigenvalue weighted by Crippen LogP contribution is -1.95. The number of nitrogens with one attached hydrogen (secondary N) is 1. The molecule has 5 aromatic rings. The topological polar surface area (TPSA) is 118 Å². The molecule has 0 atom stereocenters. The van der Waals surface area contributed by atoms with Gasteiger partial charge in [0.1, 0.15) is 11.5 Å². The Morgan fingerprint density at radius 1 is 0.861 bits per heavy atom. The van der Waals surface area contributed by atoms with E-state index in [0.29, 0.717) is 33.2 Å². The Morgan fingerprint density at radius 3 is 2.42 bits per heavy atom. The molecule has 0 aliphatic heterocycles. The molecule has 4 aromatic carbocycles. The fraction of sp³-hybridized carbons (Fsp3) is 0.0357. The van der Waals surface area contributed by atoms with E-state index >= 15 is 0 Å². The van der Waals surface area contributed by atoms with Crippen LogP contribution in [0.3, 0.4) is 0 Å². The van der Waals surface area contributed by atoms with Crippen LogP contribution in [0.4, 0.5) is 15.8 Å². The van der Waals surface area contributed by atoms with Crippen LogP contribution in [0.25, 0.3) is 33.2 Å². The Bertz CT molecular complexity index is 1670. The Labute approximate surface area is 204 Å².